The molecule has 5 nitrogen and oxygen atoms in total. The summed E-state index contributed by atoms with van der Waals surface area (Å²) >= 11 is 0.730. The Morgan fingerprint density at radius 1 is 1.33 bits per heavy atom. The molecule has 1 aromatic carbocycles. The van der Waals surface area contributed by atoms with E-state index < -0.39 is 29.1 Å². The van der Waals surface area contributed by atoms with Crippen molar-refractivity contribution in [1.82, 2.24) is 10.3 Å². The number of alkyl halides is 3. The van der Waals surface area contributed by atoms with Crippen LogP contribution in [0.15, 0.2) is 24.3 Å². The Kier molecular flexibility index (Phi) is 7.19. The van der Waals surface area contributed by atoms with Gasteiger partial charge in [0.1, 0.15) is 5.01 Å². The molecule has 27 heavy (non-hydrogen) atoms. The highest BCUT2D eigenvalue weighted by Gasteiger charge is 2.58. The Morgan fingerprint density at radius 2 is 2.04 bits per heavy atom. The zero-order valence-electron chi connectivity index (χ0n) is 15.2. The number of aliphatic hydroxyl groups is 1. The number of nitrogens with one attached hydrogen (secondary N) is 1. The third-order valence-corrected chi connectivity index (χ3v) is 4.96. The van der Waals surface area contributed by atoms with Gasteiger partial charge >= 0.3 is 6.18 Å². The van der Waals surface area contributed by atoms with Crippen LogP contribution in [0, 0.1) is 5.92 Å². The van der Waals surface area contributed by atoms with Crippen LogP contribution >= 0.6 is 11.3 Å². The quantitative estimate of drug-likeness (QED) is 0.627. The van der Waals surface area contributed by atoms with E-state index in [1.807, 2.05) is 13.8 Å². The summed E-state index contributed by atoms with van der Waals surface area (Å²) in [5.41, 5.74) is -2.97. The van der Waals surface area contributed by atoms with E-state index in [-0.39, 0.29) is 6.54 Å². The number of amides is 1. The number of nitrogens with zero attached hydrogens (tertiary/aromatic N) is 1. The molecule has 0 radical (unpaired) electrons. The maximum absolute atomic E-state index is 13.6. The smallest absolute Gasteiger partial charge is 0.381 e. The van der Waals surface area contributed by atoms with Gasteiger partial charge in [0.2, 0.25) is 11.5 Å². The van der Waals surface area contributed by atoms with Gasteiger partial charge in [0.15, 0.2) is 0 Å². The molecule has 0 fully saturated rings. The number of benzene rings is 1. The first-order chi connectivity index (χ1) is 12.6. The second kappa shape index (κ2) is 8.99. The molecule has 0 saturated carbocycles. The Bertz CT molecular complexity index is 731. The lowest BCUT2D eigenvalue weighted by molar-refractivity contribution is -0.267. The van der Waals surface area contributed by atoms with Crippen LogP contribution in [-0.4, -0.2) is 41.9 Å². The van der Waals surface area contributed by atoms with Crippen LogP contribution in [0.2, 0.25) is 0 Å². The van der Waals surface area contributed by atoms with E-state index in [2.05, 4.69) is 10.3 Å². The Morgan fingerprint density at radius 3 is 2.67 bits per heavy atom. The SMILES string of the molecule is CC(C)COCCCNC(=O)CC(O)(c1nc2ccccc2s1)C(F)(F)F. The van der Waals surface area contributed by atoms with Crippen LogP contribution in [0.3, 0.4) is 0 Å². The minimum absolute atomic E-state index is 0.171. The fourth-order valence-corrected chi connectivity index (χ4v) is 3.44. The van der Waals surface area contributed by atoms with E-state index in [9.17, 15) is 23.1 Å². The molecule has 1 atom stereocenters. The van der Waals surface area contributed by atoms with Gasteiger partial charge in [0.05, 0.1) is 16.6 Å². The molecule has 0 bridgehead atoms. The van der Waals surface area contributed by atoms with Crippen molar-refractivity contribution in [3.8, 4) is 0 Å². The molecule has 0 saturated heterocycles. The molecule has 0 aliphatic carbocycles. The summed E-state index contributed by atoms with van der Waals surface area (Å²) in [5.74, 6) is -0.506. The number of hydrogen-bond donors (Lipinski definition) is 2. The average Bonchev–Trinajstić information content (AvgIpc) is 3.01. The molecule has 0 aliphatic heterocycles. The van der Waals surface area contributed by atoms with E-state index in [4.69, 9.17) is 4.74 Å². The molecule has 2 rings (SSSR count). The third kappa shape index (κ3) is 5.63. The fraction of sp³-hybridized carbons (Fsp3) is 0.556. The Balaban J connectivity index is 2.00. The molecule has 1 amide bonds. The normalized spacial score (nSPS) is 14.5. The highest BCUT2D eigenvalue weighted by molar-refractivity contribution is 7.18. The molecule has 0 spiro atoms. The standard InChI is InChI=1S/C18H23F3N2O3S/c1-12(2)11-26-9-5-8-22-15(24)10-17(25,18(19,20)21)16-23-13-6-3-4-7-14(13)27-16/h3-4,6-7,12,25H,5,8-11H2,1-2H3,(H,22,24). The largest absolute Gasteiger partial charge is 0.424 e. The van der Waals surface area contributed by atoms with E-state index in [1.165, 1.54) is 0 Å². The lowest BCUT2D eigenvalue weighted by atomic mass is 9.99. The van der Waals surface area contributed by atoms with Crippen molar-refractivity contribution in [2.24, 2.45) is 5.92 Å². The second-order valence-electron chi connectivity index (χ2n) is 6.69. The number of carbonyl (C=O) groups is 1. The third-order valence-electron chi connectivity index (χ3n) is 3.77. The predicted molar refractivity (Wildman–Crippen MR) is 97.5 cm³/mol. The number of carbonyl (C=O) groups excluding carboxylic acids is 1. The first kappa shape index (κ1) is 21.6. The van der Waals surface area contributed by atoms with Gasteiger partial charge in [-0.25, -0.2) is 4.98 Å². The zero-order valence-corrected chi connectivity index (χ0v) is 16.0. The van der Waals surface area contributed by atoms with Gasteiger partial charge in [0, 0.05) is 19.8 Å². The summed E-state index contributed by atoms with van der Waals surface area (Å²) < 4.78 is 46.5. The molecule has 0 aliphatic rings. The first-order valence-electron chi connectivity index (χ1n) is 8.63. The van der Waals surface area contributed by atoms with Gasteiger partial charge in [-0.15, -0.1) is 11.3 Å². The minimum Gasteiger partial charge on any atom is -0.381 e. The molecular formula is C18H23F3N2O3S. The molecule has 1 aromatic heterocycles. The second-order valence-corrected chi connectivity index (χ2v) is 7.72. The average molecular weight is 404 g/mol. The summed E-state index contributed by atoms with van der Waals surface area (Å²) in [5, 5.41) is 12.2. The lowest BCUT2D eigenvalue weighted by Crippen LogP contribution is -2.46. The Hall–Kier alpha value is -1.71. The van der Waals surface area contributed by atoms with Crippen molar-refractivity contribution in [1.29, 1.82) is 0 Å². The van der Waals surface area contributed by atoms with Crippen molar-refractivity contribution >= 4 is 27.5 Å². The molecule has 150 valence electrons. The molecule has 2 aromatic rings. The van der Waals surface area contributed by atoms with Gasteiger partial charge in [0.25, 0.3) is 0 Å². The van der Waals surface area contributed by atoms with Crippen LogP contribution in [0.25, 0.3) is 10.2 Å². The van der Waals surface area contributed by atoms with Crippen LogP contribution < -0.4 is 5.32 Å². The number of para-hydroxylation sites is 1. The highest BCUT2D eigenvalue weighted by atomic mass is 32.1. The minimum atomic E-state index is -5.03. The zero-order chi connectivity index (χ0) is 20.1. The van der Waals surface area contributed by atoms with E-state index in [1.54, 1.807) is 24.3 Å². The summed E-state index contributed by atoms with van der Waals surface area (Å²) in [4.78, 5) is 15.9. The molecular weight excluding hydrogens is 381 g/mol. The highest BCUT2D eigenvalue weighted by Crippen LogP contribution is 2.44. The van der Waals surface area contributed by atoms with Crippen LogP contribution in [0.1, 0.15) is 31.7 Å². The number of halogens is 3. The molecule has 9 heteroatoms. The topological polar surface area (TPSA) is 71.5 Å². The van der Waals surface area contributed by atoms with Crippen LogP contribution in [0.4, 0.5) is 13.2 Å². The predicted octanol–water partition coefficient (Wildman–Crippen LogP) is 3.62. The number of thiazole rings is 1. The summed E-state index contributed by atoms with van der Waals surface area (Å²) in [7, 11) is 0. The van der Waals surface area contributed by atoms with Gasteiger partial charge in [-0.1, -0.05) is 26.0 Å². The van der Waals surface area contributed by atoms with E-state index in [0.29, 0.717) is 35.8 Å². The van der Waals surface area contributed by atoms with Crippen molar-refractivity contribution < 1.29 is 27.8 Å². The maximum atomic E-state index is 13.6. The van der Waals surface area contributed by atoms with E-state index in [0.717, 1.165) is 11.3 Å². The monoisotopic (exact) mass is 404 g/mol. The molecule has 1 heterocycles. The van der Waals surface area contributed by atoms with Gasteiger partial charge in [-0.05, 0) is 24.5 Å². The first-order valence-corrected chi connectivity index (χ1v) is 9.44. The van der Waals surface area contributed by atoms with Crippen molar-refractivity contribution in [3.05, 3.63) is 29.3 Å². The number of ether oxygens (including phenoxy) is 1. The van der Waals surface area contributed by atoms with E-state index >= 15 is 0 Å². The maximum Gasteiger partial charge on any atom is 0.424 e. The number of rotatable bonds is 9. The van der Waals surface area contributed by atoms with Crippen molar-refractivity contribution in [3.63, 3.8) is 0 Å². The van der Waals surface area contributed by atoms with Crippen LogP contribution in [0.5, 0.6) is 0 Å². The van der Waals surface area contributed by atoms with Crippen LogP contribution in [-0.2, 0) is 15.1 Å². The van der Waals surface area contributed by atoms with Gasteiger partial charge in [-0.3, -0.25) is 4.79 Å². The number of fused-ring (bicyclic) bond motifs is 1. The number of aromatic nitrogens is 1. The lowest BCUT2D eigenvalue weighted by Gasteiger charge is -2.27. The number of hydrogen-bond acceptors (Lipinski definition) is 5. The van der Waals surface area contributed by atoms with Crippen molar-refractivity contribution in [2.45, 2.75) is 38.5 Å². The fourth-order valence-electron chi connectivity index (χ4n) is 2.36. The summed E-state index contributed by atoms with van der Waals surface area (Å²) in [6.07, 6.45) is -5.69. The molecule has 1 unspecified atom stereocenters. The Labute approximate surface area is 159 Å². The summed E-state index contributed by atoms with van der Waals surface area (Å²) in [6.45, 7) is 5.16. The summed E-state index contributed by atoms with van der Waals surface area (Å²) in [6, 6.07) is 6.49. The van der Waals surface area contributed by atoms with Gasteiger partial charge in [-0.2, -0.15) is 13.2 Å². The molecule has 2 N–H and O–H groups in total. The van der Waals surface area contributed by atoms with Gasteiger partial charge < -0.3 is 15.2 Å². The van der Waals surface area contributed by atoms with Crippen molar-refractivity contribution in [2.75, 3.05) is 19.8 Å².